The minimum atomic E-state index is 0.0809. The normalized spacial score (nSPS) is 23.8. The van der Waals surface area contributed by atoms with Crippen molar-refractivity contribution < 1.29 is 9.53 Å². The van der Waals surface area contributed by atoms with E-state index < -0.39 is 0 Å². The van der Waals surface area contributed by atoms with E-state index in [-0.39, 0.29) is 11.9 Å². The van der Waals surface area contributed by atoms with Gasteiger partial charge in [-0.25, -0.2) is 0 Å². The Morgan fingerprint density at radius 1 is 1.21 bits per heavy atom. The Balaban J connectivity index is 1.71. The van der Waals surface area contributed by atoms with Gasteiger partial charge in [-0.1, -0.05) is 48.0 Å². The number of rotatable bonds is 2. The van der Waals surface area contributed by atoms with Crippen LogP contribution in [0.25, 0.3) is 0 Å². The van der Waals surface area contributed by atoms with Gasteiger partial charge in [-0.2, -0.15) is 0 Å². The number of ketones is 1. The van der Waals surface area contributed by atoms with Crippen LogP contribution >= 0.6 is 15.9 Å². The third-order valence-corrected chi connectivity index (χ3v) is 4.76. The van der Waals surface area contributed by atoms with Gasteiger partial charge in [-0.3, -0.25) is 4.79 Å². The summed E-state index contributed by atoms with van der Waals surface area (Å²) in [4.78, 5) is 12.2. The summed E-state index contributed by atoms with van der Waals surface area (Å²) in [6.07, 6.45) is 8.33. The highest BCUT2D eigenvalue weighted by Gasteiger charge is 2.29. The van der Waals surface area contributed by atoms with Gasteiger partial charge in [0.15, 0.2) is 5.78 Å². The first-order valence-electron chi connectivity index (χ1n) is 7.22. The Kier molecular flexibility index (Phi) is 3.92. The summed E-state index contributed by atoms with van der Waals surface area (Å²) >= 11 is 3.44. The number of benzene rings is 1. The number of ether oxygens (including phenoxy) is 1. The van der Waals surface area contributed by atoms with E-state index in [1.54, 1.807) is 0 Å². The quantitative estimate of drug-likeness (QED) is 0.785. The Bertz CT molecular complexity index is 478. The average molecular weight is 323 g/mol. The molecule has 0 saturated heterocycles. The molecule has 0 aromatic heterocycles. The summed E-state index contributed by atoms with van der Waals surface area (Å²) in [5.41, 5.74) is 0.739. The number of carbonyl (C=O) groups is 1. The smallest absolute Gasteiger partial charge is 0.170 e. The zero-order chi connectivity index (χ0) is 13.2. The Labute approximate surface area is 122 Å². The molecular formula is C16H19BrO2. The van der Waals surface area contributed by atoms with Crippen molar-refractivity contribution in [2.24, 2.45) is 5.92 Å². The lowest BCUT2D eigenvalue weighted by Crippen LogP contribution is -2.29. The van der Waals surface area contributed by atoms with E-state index in [1.165, 1.54) is 32.1 Å². The predicted molar refractivity (Wildman–Crippen MR) is 78.7 cm³/mol. The molecule has 0 bridgehead atoms. The van der Waals surface area contributed by atoms with Gasteiger partial charge < -0.3 is 4.74 Å². The molecule has 1 unspecified atom stereocenters. The van der Waals surface area contributed by atoms with Gasteiger partial charge in [0.2, 0.25) is 0 Å². The van der Waals surface area contributed by atoms with Crippen molar-refractivity contribution in [3.8, 4) is 5.75 Å². The van der Waals surface area contributed by atoms with E-state index in [4.69, 9.17) is 4.74 Å². The summed E-state index contributed by atoms with van der Waals surface area (Å²) in [6.45, 7) is 0. The van der Waals surface area contributed by atoms with Crippen molar-refractivity contribution in [2.75, 3.05) is 0 Å². The zero-order valence-corrected chi connectivity index (χ0v) is 12.6. The van der Waals surface area contributed by atoms with Crippen LogP contribution in [0.1, 0.15) is 55.3 Å². The van der Waals surface area contributed by atoms with Crippen LogP contribution in [0.15, 0.2) is 22.7 Å². The fourth-order valence-electron chi connectivity index (χ4n) is 3.29. The lowest BCUT2D eigenvalue weighted by Gasteiger charge is -2.30. The molecule has 1 heterocycles. The highest BCUT2D eigenvalue weighted by Crippen LogP contribution is 2.35. The van der Waals surface area contributed by atoms with Crippen LogP contribution in [-0.4, -0.2) is 11.9 Å². The summed E-state index contributed by atoms with van der Waals surface area (Å²) < 4.78 is 7.00. The molecular weight excluding hydrogens is 304 g/mol. The number of hydrogen-bond acceptors (Lipinski definition) is 2. The van der Waals surface area contributed by atoms with Crippen molar-refractivity contribution in [1.29, 1.82) is 0 Å². The van der Waals surface area contributed by atoms with Crippen LogP contribution in [0.3, 0.4) is 0 Å². The van der Waals surface area contributed by atoms with Crippen molar-refractivity contribution in [1.82, 2.24) is 0 Å². The van der Waals surface area contributed by atoms with Crippen molar-refractivity contribution >= 4 is 21.7 Å². The fourth-order valence-corrected chi connectivity index (χ4v) is 3.63. The molecule has 0 N–H and O–H groups in total. The number of fused-ring (bicyclic) bond motifs is 1. The topological polar surface area (TPSA) is 26.3 Å². The molecule has 1 atom stereocenters. The van der Waals surface area contributed by atoms with Crippen molar-refractivity contribution in [3.05, 3.63) is 28.2 Å². The van der Waals surface area contributed by atoms with Crippen molar-refractivity contribution in [3.63, 3.8) is 0 Å². The molecule has 0 amide bonds. The molecule has 3 rings (SSSR count). The van der Waals surface area contributed by atoms with Crippen molar-refractivity contribution in [2.45, 2.75) is 51.0 Å². The van der Waals surface area contributed by atoms with E-state index >= 15 is 0 Å². The van der Waals surface area contributed by atoms with Gasteiger partial charge in [-0.05, 0) is 30.5 Å². The minimum Gasteiger partial charge on any atom is -0.489 e. The van der Waals surface area contributed by atoms with Gasteiger partial charge in [-0.15, -0.1) is 0 Å². The van der Waals surface area contributed by atoms with Crippen LogP contribution in [0.5, 0.6) is 5.75 Å². The second-order valence-electron chi connectivity index (χ2n) is 5.75. The standard InChI is InChI=1S/C16H19BrO2/c17-12-6-7-14-15(18)10-13(19-16(14)9-12)8-11-4-2-1-3-5-11/h6-7,9,11,13H,1-5,8,10H2. The van der Waals surface area contributed by atoms with Gasteiger partial charge in [0, 0.05) is 10.9 Å². The minimum absolute atomic E-state index is 0.0809. The van der Waals surface area contributed by atoms with E-state index in [2.05, 4.69) is 15.9 Å². The first-order chi connectivity index (χ1) is 9.22. The van der Waals surface area contributed by atoms with E-state index in [0.29, 0.717) is 6.42 Å². The number of hydrogen-bond donors (Lipinski definition) is 0. The maximum Gasteiger partial charge on any atom is 0.170 e. The van der Waals surface area contributed by atoms with Crippen LogP contribution < -0.4 is 4.74 Å². The first-order valence-corrected chi connectivity index (χ1v) is 8.01. The number of Topliss-reactive ketones (excluding diaryl/α,β-unsaturated/α-hetero) is 1. The van der Waals surface area contributed by atoms with E-state index in [9.17, 15) is 4.79 Å². The molecule has 1 aromatic carbocycles. The third-order valence-electron chi connectivity index (χ3n) is 4.27. The molecule has 3 heteroatoms. The van der Waals surface area contributed by atoms with Gasteiger partial charge >= 0.3 is 0 Å². The Morgan fingerprint density at radius 3 is 2.79 bits per heavy atom. The molecule has 1 aliphatic carbocycles. The largest absolute Gasteiger partial charge is 0.489 e. The molecule has 1 saturated carbocycles. The Morgan fingerprint density at radius 2 is 2.00 bits per heavy atom. The highest BCUT2D eigenvalue weighted by molar-refractivity contribution is 9.10. The maximum atomic E-state index is 12.2. The lowest BCUT2D eigenvalue weighted by molar-refractivity contribution is 0.0795. The van der Waals surface area contributed by atoms with Crippen LogP contribution in [0.4, 0.5) is 0 Å². The van der Waals surface area contributed by atoms with E-state index in [1.807, 2.05) is 18.2 Å². The molecule has 19 heavy (non-hydrogen) atoms. The van der Waals surface area contributed by atoms with Gasteiger partial charge in [0.1, 0.15) is 11.9 Å². The molecule has 102 valence electrons. The highest BCUT2D eigenvalue weighted by atomic mass is 79.9. The van der Waals surface area contributed by atoms with Gasteiger partial charge in [0.05, 0.1) is 5.56 Å². The second kappa shape index (κ2) is 5.66. The molecule has 1 fully saturated rings. The average Bonchev–Trinajstić information content (AvgIpc) is 2.39. The first kappa shape index (κ1) is 13.2. The molecule has 1 aromatic rings. The molecule has 0 spiro atoms. The third kappa shape index (κ3) is 3.02. The molecule has 1 aliphatic heterocycles. The summed E-state index contributed by atoms with van der Waals surface area (Å²) in [6, 6.07) is 5.68. The lowest BCUT2D eigenvalue weighted by atomic mass is 9.84. The number of carbonyl (C=O) groups excluding carboxylic acids is 1. The molecule has 0 radical (unpaired) electrons. The van der Waals surface area contributed by atoms with Crippen LogP contribution in [-0.2, 0) is 0 Å². The fraction of sp³-hybridized carbons (Fsp3) is 0.562. The van der Waals surface area contributed by atoms with E-state index in [0.717, 1.165) is 28.1 Å². The van der Waals surface area contributed by atoms with Gasteiger partial charge in [0.25, 0.3) is 0 Å². The van der Waals surface area contributed by atoms with Crippen LogP contribution in [0.2, 0.25) is 0 Å². The molecule has 2 aliphatic rings. The maximum absolute atomic E-state index is 12.2. The predicted octanol–water partition coefficient (Wildman–Crippen LogP) is 4.75. The van der Waals surface area contributed by atoms with Crippen LogP contribution in [0, 0.1) is 5.92 Å². The Hall–Kier alpha value is -0.830. The second-order valence-corrected chi connectivity index (χ2v) is 6.66. The molecule has 2 nitrogen and oxygen atoms in total. The summed E-state index contributed by atoms with van der Waals surface area (Å²) in [7, 11) is 0. The number of halogens is 1. The SMILES string of the molecule is O=C1CC(CC2CCCCC2)Oc2cc(Br)ccc21. The summed E-state index contributed by atoms with van der Waals surface area (Å²) in [5, 5.41) is 0. The zero-order valence-electron chi connectivity index (χ0n) is 11.0. The monoisotopic (exact) mass is 322 g/mol. The summed E-state index contributed by atoms with van der Waals surface area (Å²) in [5.74, 6) is 1.74.